The normalized spacial score (nSPS) is 20.3. The maximum atomic E-state index is 12.9. The standard InChI is InChI=1S/C20H17N7O5S2/c21-20-22-12(9-34-20)13(24-32)16(28)23-14-17(29)27-15(19(30)31)10(8-33-18(14)27)6-25-4-5-26-3-1-2-11(26)7-25/h1-5,7,9,14,18H,6,8H2,(H4-,21,22,23,28,30,31,32)/t14-,18+/m1/s1. The summed E-state index contributed by atoms with van der Waals surface area (Å²) in [4.78, 5) is 42.5. The van der Waals surface area contributed by atoms with Crippen LogP contribution in [0.3, 0.4) is 0 Å². The SMILES string of the molecule is Nc1nc(/C(=N/O)C(=O)N[C@@H]2C(=O)N3C(C(=O)[O-])=C(Cn4cc[n+]5cccc-5c4)CS[C@@H]23)cs1. The first kappa shape index (κ1) is 21.9. The van der Waals surface area contributed by atoms with Crippen molar-refractivity contribution in [2.24, 2.45) is 5.16 Å². The summed E-state index contributed by atoms with van der Waals surface area (Å²) >= 11 is 2.39. The number of hydrogen-bond donors (Lipinski definition) is 3. The van der Waals surface area contributed by atoms with Crippen LogP contribution in [0.25, 0.3) is 5.69 Å². The van der Waals surface area contributed by atoms with Gasteiger partial charge >= 0.3 is 0 Å². The Kier molecular flexibility index (Phi) is 5.45. The van der Waals surface area contributed by atoms with Crippen molar-refractivity contribution in [2.75, 3.05) is 11.5 Å². The van der Waals surface area contributed by atoms with Gasteiger partial charge in [0, 0.05) is 29.8 Å². The Morgan fingerprint density at radius 2 is 2.24 bits per heavy atom. The van der Waals surface area contributed by atoms with Crippen LogP contribution in [0.4, 0.5) is 5.13 Å². The second kappa shape index (κ2) is 8.46. The molecule has 0 radical (unpaired) electrons. The zero-order chi connectivity index (χ0) is 24.0. The number of amides is 2. The lowest BCUT2D eigenvalue weighted by atomic mass is 10.0. The Labute approximate surface area is 200 Å². The van der Waals surface area contributed by atoms with Crippen LogP contribution in [0.15, 0.2) is 58.7 Å². The summed E-state index contributed by atoms with van der Waals surface area (Å²) in [5, 5.41) is 27.7. The molecule has 5 heterocycles. The fourth-order valence-corrected chi connectivity index (χ4v) is 5.84. The molecule has 2 amide bonds. The van der Waals surface area contributed by atoms with E-state index in [1.807, 2.05) is 46.1 Å². The maximum Gasteiger partial charge on any atom is 0.276 e. The minimum atomic E-state index is -1.46. The van der Waals surface area contributed by atoms with Crippen molar-refractivity contribution in [2.45, 2.75) is 18.0 Å². The number of fused-ring (bicyclic) bond motifs is 2. The zero-order valence-electron chi connectivity index (χ0n) is 17.3. The lowest BCUT2D eigenvalue weighted by Crippen LogP contribution is -2.71. The molecule has 4 aliphatic rings. The third-order valence-electron chi connectivity index (χ3n) is 5.51. The molecule has 12 nitrogen and oxygen atoms in total. The molecule has 1 fully saturated rings. The molecule has 0 unspecified atom stereocenters. The third-order valence-corrected chi connectivity index (χ3v) is 7.52. The minimum absolute atomic E-state index is 0.0667. The van der Waals surface area contributed by atoms with Gasteiger partial charge in [0.05, 0.1) is 24.1 Å². The number of thiazole rings is 1. The fourth-order valence-electron chi connectivity index (χ4n) is 3.95. The highest BCUT2D eigenvalue weighted by atomic mass is 32.2. The molecule has 0 aromatic carbocycles. The molecular formula is C20H17N7O5S2. The average molecular weight is 500 g/mol. The molecule has 1 saturated heterocycles. The Bertz CT molecular complexity index is 1350. The number of nitrogens with one attached hydrogen (secondary N) is 1. The van der Waals surface area contributed by atoms with Gasteiger partial charge in [-0.2, -0.15) is 4.57 Å². The van der Waals surface area contributed by atoms with Crippen LogP contribution in [-0.2, 0) is 20.9 Å². The van der Waals surface area contributed by atoms with Gasteiger partial charge in [-0.05, 0) is 5.57 Å². The summed E-state index contributed by atoms with van der Waals surface area (Å²) in [6, 6.07) is 2.83. The number of aromatic nitrogens is 3. The summed E-state index contributed by atoms with van der Waals surface area (Å²) in [7, 11) is 0. The van der Waals surface area contributed by atoms with Gasteiger partial charge < -0.3 is 30.7 Å². The predicted octanol–water partition coefficient (Wildman–Crippen LogP) is -1.48. The third kappa shape index (κ3) is 3.66. The Hall–Kier alpha value is -3.91. The van der Waals surface area contributed by atoms with E-state index < -0.39 is 34.9 Å². The van der Waals surface area contributed by atoms with Crippen LogP contribution in [-0.4, -0.2) is 60.3 Å². The van der Waals surface area contributed by atoms with E-state index in [1.54, 1.807) is 0 Å². The lowest BCUT2D eigenvalue weighted by Gasteiger charge is -2.50. The quantitative estimate of drug-likeness (QED) is 0.121. The maximum absolute atomic E-state index is 12.9. The second-order valence-corrected chi connectivity index (χ2v) is 9.55. The first-order valence-electron chi connectivity index (χ1n) is 9.95. The molecular weight excluding hydrogens is 482 g/mol. The fraction of sp³-hybridized carbons (Fsp3) is 0.200. The van der Waals surface area contributed by atoms with E-state index in [2.05, 4.69) is 15.5 Å². The van der Waals surface area contributed by atoms with Gasteiger partial charge in [-0.15, -0.1) is 23.1 Å². The van der Waals surface area contributed by atoms with Crippen LogP contribution < -0.4 is 20.7 Å². The van der Waals surface area contributed by atoms with Crippen LogP contribution in [0.2, 0.25) is 0 Å². The number of hydrogen-bond acceptors (Lipinski definition) is 10. The molecule has 4 aliphatic heterocycles. The van der Waals surface area contributed by atoms with Crippen molar-refractivity contribution in [3.8, 4) is 5.69 Å². The monoisotopic (exact) mass is 499 g/mol. The number of anilines is 1. The molecule has 2 atom stereocenters. The summed E-state index contributed by atoms with van der Waals surface area (Å²) in [5.41, 5.74) is 6.50. The highest BCUT2D eigenvalue weighted by Gasteiger charge is 2.53. The molecule has 0 aliphatic carbocycles. The van der Waals surface area contributed by atoms with E-state index >= 15 is 0 Å². The van der Waals surface area contributed by atoms with Gasteiger partial charge in [0.2, 0.25) is 5.69 Å². The van der Waals surface area contributed by atoms with Crippen molar-refractivity contribution in [3.63, 3.8) is 0 Å². The number of carbonyl (C=O) groups excluding carboxylic acids is 3. The van der Waals surface area contributed by atoms with Gasteiger partial charge in [0.15, 0.2) is 23.2 Å². The molecule has 174 valence electrons. The van der Waals surface area contributed by atoms with Gasteiger partial charge in [0.25, 0.3) is 11.8 Å². The van der Waals surface area contributed by atoms with Crippen LogP contribution in [0, 0.1) is 0 Å². The number of β-lactam (4-membered cyclic amide) rings is 1. The molecule has 5 rings (SSSR count). The van der Waals surface area contributed by atoms with Crippen LogP contribution in [0.1, 0.15) is 5.69 Å². The molecule has 0 saturated carbocycles. The molecule has 1 aromatic rings. The largest absolute Gasteiger partial charge is 0.543 e. The summed E-state index contributed by atoms with van der Waals surface area (Å²) in [5.74, 6) is -2.55. The van der Waals surface area contributed by atoms with E-state index in [4.69, 9.17) is 5.73 Å². The lowest BCUT2D eigenvalue weighted by molar-refractivity contribution is -0.593. The molecule has 1 aromatic heterocycles. The number of nitrogens with zero attached hydrogens (tertiary/aromatic N) is 5. The zero-order valence-corrected chi connectivity index (χ0v) is 19.0. The van der Waals surface area contributed by atoms with E-state index in [0.29, 0.717) is 11.3 Å². The van der Waals surface area contributed by atoms with E-state index in [9.17, 15) is 24.7 Å². The van der Waals surface area contributed by atoms with Gasteiger partial charge in [0.1, 0.15) is 17.1 Å². The van der Waals surface area contributed by atoms with Gasteiger partial charge in [-0.1, -0.05) is 5.16 Å². The number of nitrogen functional groups attached to an aromatic ring is 1. The van der Waals surface area contributed by atoms with E-state index in [-0.39, 0.29) is 23.1 Å². The van der Waals surface area contributed by atoms with E-state index in [1.165, 1.54) is 17.1 Å². The van der Waals surface area contributed by atoms with Crippen molar-refractivity contribution < 1.29 is 29.3 Å². The van der Waals surface area contributed by atoms with E-state index in [0.717, 1.165) is 21.9 Å². The van der Waals surface area contributed by atoms with Crippen molar-refractivity contribution >= 4 is 51.7 Å². The van der Waals surface area contributed by atoms with Gasteiger partial charge in [-0.25, -0.2) is 4.98 Å². The number of carbonyl (C=O) groups is 3. The smallest absolute Gasteiger partial charge is 0.276 e. The minimum Gasteiger partial charge on any atom is -0.543 e. The topological polar surface area (TPSA) is 170 Å². The molecule has 34 heavy (non-hydrogen) atoms. The second-order valence-electron chi connectivity index (χ2n) is 7.56. The Morgan fingerprint density at radius 3 is 2.94 bits per heavy atom. The van der Waals surface area contributed by atoms with Crippen LogP contribution in [0.5, 0.6) is 0 Å². The number of carboxylic acid groups (broad SMARTS) is 1. The Balaban J connectivity index is 1.35. The summed E-state index contributed by atoms with van der Waals surface area (Å²) < 4.78 is 3.76. The Morgan fingerprint density at radius 1 is 1.41 bits per heavy atom. The van der Waals surface area contributed by atoms with Crippen molar-refractivity contribution in [1.29, 1.82) is 0 Å². The summed E-state index contributed by atoms with van der Waals surface area (Å²) in [6.07, 6.45) is 7.43. The van der Waals surface area contributed by atoms with Crippen LogP contribution >= 0.6 is 23.1 Å². The number of carboxylic acids is 1. The van der Waals surface area contributed by atoms with Crippen molar-refractivity contribution in [1.82, 2.24) is 19.8 Å². The molecule has 14 heteroatoms. The first-order chi connectivity index (χ1) is 16.4. The average Bonchev–Trinajstić information content (AvgIpc) is 3.46. The number of thioether (sulfide) groups is 1. The van der Waals surface area contributed by atoms with Crippen molar-refractivity contribution in [3.05, 3.63) is 59.3 Å². The highest BCUT2D eigenvalue weighted by Crippen LogP contribution is 2.40. The number of aliphatic carboxylic acids is 1. The highest BCUT2D eigenvalue weighted by molar-refractivity contribution is 8.00. The molecule has 0 spiro atoms. The predicted molar refractivity (Wildman–Crippen MR) is 119 cm³/mol. The molecule has 4 N–H and O–H groups in total. The number of oxime groups is 1. The number of rotatable bonds is 6. The van der Waals surface area contributed by atoms with Gasteiger partial charge in [-0.3, -0.25) is 14.5 Å². The summed E-state index contributed by atoms with van der Waals surface area (Å²) in [6.45, 7) is 0.262. The first-order valence-corrected chi connectivity index (χ1v) is 11.9. The molecule has 0 bridgehead atoms. The number of nitrogens with two attached hydrogens (primary N) is 1.